The molecule has 4 nitrogen and oxygen atoms in total. The number of likely N-dealkylation sites (tertiary alicyclic amines) is 1. The molecule has 100 valence electrons. The van der Waals surface area contributed by atoms with Crippen LogP contribution in [-0.2, 0) is 4.74 Å². The molecule has 0 atom stereocenters. The maximum absolute atomic E-state index is 11.6. The number of ether oxygens (including phenoxy) is 1. The molecule has 0 N–H and O–H groups in total. The Morgan fingerprint density at radius 1 is 1.37 bits per heavy atom. The zero-order valence-electron chi connectivity index (χ0n) is 11.1. The molecule has 0 unspecified atom stereocenters. The van der Waals surface area contributed by atoms with Gasteiger partial charge in [0.2, 0.25) is 0 Å². The van der Waals surface area contributed by atoms with Gasteiger partial charge >= 0.3 is 6.09 Å². The van der Waals surface area contributed by atoms with Gasteiger partial charge in [-0.1, -0.05) is 12.1 Å². The molecule has 0 aliphatic carbocycles. The molecule has 1 fully saturated rings. The number of hydrogen-bond donors (Lipinski definition) is 0. The Kier molecular flexibility index (Phi) is 4.40. The normalized spacial score (nSPS) is 15.9. The molecule has 1 amide bonds. The van der Waals surface area contributed by atoms with Crippen LogP contribution in [0.3, 0.4) is 0 Å². The third-order valence-electron chi connectivity index (χ3n) is 3.53. The van der Waals surface area contributed by atoms with Gasteiger partial charge < -0.3 is 9.64 Å². The van der Waals surface area contributed by atoms with E-state index in [2.05, 4.69) is 6.07 Å². The van der Waals surface area contributed by atoms with Gasteiger partial charge in [-0.3, -0.25) is 0 Å². The minimum atomic E-state index is -0.208. The fourth-order valence-electron chi connectivity index (χ4n) is 2.44. The Balaban J connectivity index is 1.92. The molecule has 1 aromatic carbocycles. The summed E-state index contributed by atoms with van der Waals surface area (Å²) < 4.78 is 5.00. The Morgan fingerprint density at radius 2 is 2.00 bits per heavy atom. The lowest BCUT2D eigenvalue weighted by Crippen LogP contribution is -2.38. The number of carbonyl (C=O) groups is 1. The molecule has 4 heteroatoms. The minimum absolute atomic E-state index is 0.208. The van der Waals surface area contributed by atoms with Crippen molar-refractivity contribution in [1.82, 2.24) is 4.90 Å². The quantitative estimate of drug-likeness (QED) is 0.819. The van der Waals surface area contributed by atoms with Crippen LogP contribution in [0.2, 0.25) is 0 Å². The number of amides is 1. The molecule has 2 rings (SSSR count). The van der Waals surface area contributed by atoms with Crippen LogP contribution in [0.1, 0.15) is 36.8 Å². The summed E-state index contributed by atoms with van der Waals surface area (Å²) in [5, 5.41) is 8.78. The lowest BCUT2D eigenvalue weighted by Gasteiger charge is -2.31. The van der Waals surface area contributed by atoms with Crippen molar-refractivity contribution in [1.29, 1.82) is 5.26 Å². The fourth-order valence-corrected chi connectivity index (χ4v) is 2.44. The molecule has 0 bridgehead atoms. The average molecular weight is 258 g/mol. The van der Waals surface area contributed by atoms with Crippen LogP contribution in [0.4, 0.5) is 4.79 Å². The summed E-state index contributed by atoms with van der Waals surface area (Å²) >= 11 is 0. The number of benzene rings is 1. The molecule has 1 aromatic rings. The van der Waals surface area contributed by atoms with Gasteiger partial charge in [-0.25, -0.2) is 4.79 Å². The summed E-state index contributed by atoms with van der Waals surface area (Å²) in [6.45, 7) is 3.72. The number of piperidine rings is 1. The predicted octanol–water partition coefficient (Wildman–Crippen LogP) is 2.89. The van der Waals surface area contributed by atoms with E-state index in [4.69, 9.17) is 10.00 Å². The van der Waals surface area contributed by atoms with Gasteiger partial charge in [-0.05, 0) is 43.4 Å². The van der Waals surface area contributed by atoms with Gasteiger partial charge in [-0.2, -0.15) is 5.26 Å². The standard InChI is InChI=1S/C15H18N2O2/c1-2-19-15(18)17-9-7-14(8-10-17)13-5-3-12(11-16)4-6-13/h3-6,14H,2,7-10H2,1H3. The number of hydrogen-bond acceptors (Lipinski definition) is 3. The van der Waals surface area contributed by atoms with E-state index in [1.807, 2.05) is 31.2 Å². The average Bonchev–Trinajstić information content (AvgIpc) is 2.48. The third kappa shape index (κ3) is 3.25. The molecule has 1 saturated heterocycles. The van der Waals surface area contributed by atoms with E-state index in [-0.39, 0.29) is 6.09 Å². The molecule has 1 aliphatic heterocycles. The summed E-state index contributed by atoms with van der Waals surface area (Å²) in [6.07, 6.45) is 1.69. The van der Waals surface area contributed by atoms with E-state index in [1.165, 1.54) is 5.56 Å². The molecule has 1 heterocycles. The van der Waals surface area contributed by atoms with Crippen molar-refractivity contribution >= 4 is 6.09 Å². The Bertz CT molecular complexity index is 468. The zero-order valence-corrected chi connectivity index (χ0v) is 11.1. The van der Waals surface area contributed by atoms with Gasteiger partial charge in [0.15, 0.2) is 0 Å². The van der Waals surface area contributed by atoms with Crippen molar-refractivity contribution in [2.75, 3.05) is 19.7 Å². The molecule has 0 spiro atoms. The summed E-state index contributed by atoms with van der Waals surface area (Å²) in [6, 6.07) is 9.87. The second-order valence-corrected chi connectivity index (χ2v) is 4.69. The molecule has 19 heavy (non-hydrogen) atoms. The van der Waals surface area contributed by atoms with Crippen molar-refractivity contribution in [3.8, 4) is 6.07 Å². The van der Waals surface area contributed by atoms with Gasteiger partial charge in [0, 0.05) is 13.1 Å². The minimum Gasteiger partial charge on any atom is -0.450 e. The largest absolute Gasteiger partial charge is 0.450 e. The maximum Gasteiger partial charge on any atom is 0.409 e. The number of nitriles is 1. The number of rotatable bonds is 2. The molecular formula is C15H18N2O2. The van der Waals surface area contributed by atoms with Gasteiger partial charge in [-0.15, -0.1) is 0 Å². The third-order valence-corrected chi connectivity index (χ3v) is 3.53. The van der Waals surface area contributed by atoms with Crippen LogP contribution in [0.15, 0.2) is 24.3 Å². The van der Waals surface area contributed by atoms with Gasteiger partial charge in [0.1, 0.15) is 0 Å². The number of carbonyl (C=O) groups excluding carboxylic acids is 1. The van der Waals surface area contributed by atoms with E-state index in [1.54, 1.807) is 4.90 Å². The molecular weight excluding hydrogens is 240 g/mol. The van der Waals surface area contributed by atoms with Crippen molar-refractivity contribution in [3.63, 3.8) is 0 Å². The summed E-state index contributed by atoms with van der Waals surface area (Å²) in [5.41, 5.74) is 1.94. The van der Waals surface area contributed by atoms with Crippen molar-refractivity contribution in [2.24, 2.45) is 0 Å². The van der Waals surface area contributed by atoms with Crippen molar-refractivity contribution in [3.05, 3.63) is 35.4 Å². The molecule has 0 saturated carbocycles. The highest BCUT2D eigenvalue weighted by Crippen LogP contribution is 2.28. The summed E-state index contributed by atoms with van der Waals surface area (Å²) in [7, 11) is 0. The first kappa shape index (κ1) is 13.4. The first-order chi connectivity index (χ1) is 9.24. The molecule has 0 aromatic heterocycles. The van der Waals surface area contributed by atoms with E-state index >= 15 is 0 Å². The predicted molar refractivity (Wildman–Crippen MR) is 71.7 cm³/mol. The van der Waals surface area contributed by atoms with Crippen LogP contribution in [0.5, 0.6) is 0 Å². The maximum atomic E-state index is 11.6. The highest BCUT2D eigenvalue weighted by molar-refractivity contribution is 5.67. The SMILES string of the molecule is CCOC(=O)N1CCC(c2ccc(C#N)cc2)CC1. The zero-order chi connectivity index (χ0) is 13.7. The van der Waals surface area contributed by atoms with Crippen LogP contribution in [0, 0.1) is 11.3 Å². The summed E-state index contributed by atoms with van der Waals surface area (Å²) in [5.74, 6) is 0.471. The monoisotopic (exact) mass is 258 g/mol. The highest BCUT2D eigenvalue weighted by Gasteiger charge is 2.24. The van der Waals surface area contributed by atoms with Crippen LogP contribution >= 0.6 is 0 Å². The first-order valence-electron chi connectivity index (χ1n) is 6.66. The van der Waals surface area contributed by atoms with Crippen LogP contribution < -0.4 is 0 Å². The Labute approximate surface area is 113 Å². The van der Waals surface area contributed by atoms with Crippen LogP contribution in [0.25, 0.3) is 0 Å². The smallest absolute Gasteiger partial charge is 0.409 e. The Hall–Kier alpha value is -2.02. The van der Waals surface area contributed by atoms with E-state index < -0.39 is 0 Å². The van der Waals surface area contributed by atoms with E-state index in [0.717, 1.165) is 25.9 Å². The second-order valence-electron chi connectivity index (χ2n) is 4.69. The van der Waals surface area contributed by atoms with E-state index in [0.29, 0.717) is 18.1 Å². The van der Waals surface area contributed by atoms with Crippen LogP contribution in [-0.4, -0.2) is 30.7 Å². The molecule has 0 radical (unpaired) electrons. The number of nitrogens with zero attached hydrogens (tertiary/aromatic N) is 2. The summed E-state index contributed by atoms with van der Waals surface area (Å²) in [4.78, 5) is 13.4. The highest BCUT2D eigenvalue weighted by atomic mass is 16.6. The fraction of sp³-hybridized carbons (Fsp3) is 0.467. The van der Waals surface area contributed by atoms with Crippen molar-refractivity contribution < 1.29 is 9.53 Å². The van der Waals surface area contributed by atoms with Gasteiger partial charge in [0.25, 0.3) is 0 Å². The Morgan fingerprint density at radius 3 is 2.53 bits per heavy atom. The molecule has 1 aliphatic rings. The second kappa shape index (κ2) is 6.24. The first-order valence-corrected chi connectivity index (χ1v) is 6.66. The van der Waals surface area contributed by atoms with E-state index in [9.17, 15) is 4.79 Å². The topological polar surface area (TPSA) is 53.3 Å². The lowest BCUT2D eigenvalue weighted by atomic mass is 9.89. The van der Waals surface area contributed by atoms with Crippen molar-refractivity contribution in [2.45, 2.75) is 25.7 Å². The van der Waals surface area contributed by atoms with Gasteiger partial charge in [0.05, 0.1) is 18.2 Å². The lowest BCUT2D eigenvalue weighted by molar-refractivity contribution is 0.0971.